The Hall–Kier alpha value is -6.00. The maximum atomic E-state index is 6.86. The van der Waals surface area contributed by atoms with Gasteiger partial charge in [-0.3, -0.25) is 0 Å². The molecule has 0 aliphatic carbocycles. The first kappa shape index (κ1) is 25.3. The third-order valence-corrected chi connectivity index (χ3v) is 9.50. The van der Waals surface area contributed by atoms with Crippen molar-refractivity contribution < 1.29 is 9.39 Å². The van der Waals surface area contributed by atoms with Crippen LogP contribution in [-0.2, 0) is 0 Å². The first-order chi connectivity index (χ1) is 22.8. The van der Waals surface area contributed by atoms with Gasteiger partial charge in [-0.2, -0.15) is 0 Å². The fourth-order valence-corrected chi connectivity index (χ4v) is 7.44. The molecule has 0 unspecified atom stereocenters. The van der Waals surface area contributed by atoms with E-state index in [1.807, 2.05) is 0 Å². The quantitative estimate of drug-likeness (QED) is 0.192. The Labute approximate surface area is 267 Å². The monoisotopic (exact) mass is 587 g/mol. The van der Waals surface area contributed by atoms with Crippen LogP contribution in [0.5, 0.6) is 17.2 Å². The van der Waals surface area contributed by atoms with E-state index < -0.39 is 0 Å². The summed E-state index contributed by atoms with van der Waals surface area (Å²) in [6.45, 7) is -0.253. The zero-order chi connectivity index (χ0) is 30.2. The Kier molecular flexibility index (Phi) is 5.37. The van der Waals surface area contributed by atoms with Gasteiger partial charge in [0.2, 0.25) is 0 Å². The van der Waals surface area contributed by atoms with Crippen molar-refractivity contribution >= 4 is 39.6 Å². The summed E-state index contributed by atoms with van der Waals surface area (Å²) in [5.74, 6) is 2.55. The molecule has 0 atom stereocenters. The number of fused-ring (bicyclic) bond motifs is 7. The molecule has 0 amide bonds. The minimum Gasteiger partial charge on any atom is -0.551 e. The van der Waals surface area contributed by atoms with Crippen LogP contribution in [0.25, 0.3) is 60.9 Å². The molecular formula is C42H26BNO2. The fraction of sp³-hybridized carbons (Fsp3) is 0. The summed E-state index contributed by atoms with van der Waals surface area (Å²) in [6, 6.07) is 55.8. The molecule has 1 aromatic heterocycles. The molecule has 0 bridgehead atoms. The minimum absolute atomic E-state index is 0.253. The van der Waals surface area contributed by atoms with Crippen LogP contribution in [-0.4, -0.2) is 11.5 Å². The van der Waals surface area contributed by atoms with Crippen molar-refractivity contribution in [3.63, 3.8) is 0 Å². The van der Waals surface area contributed by atoms with Crippen LogP contribution in [0.2, 0.25) is 0 Å². The summed E-state index contributed by atoms with van der Waals surface area (Å²) in [5.41, 5.74) is 12.5. The van der Waals surface area contributed by atoms with Crippen molar-refractivity contribution in [2.45, 2.75) is 0 Å². The number of ether oxygens (including phenoxy) is 1. The van der Waals surface area contributed by atoms with Crippen molar-refractivity contribution in [3.8, 4) is 56.3 Å². The summed E-state index contributed by atoms with van der Waals surface area (Å²) in [5, 5.41) is 2.48. The van der Waals surface area contributed by atoms with Crippen LogP contribution in [0.15, 0.2) is 158 Å². The topological polar surface area (TPSA) is 23.4 Å². The highest BCUT2D eigenvalue weighted by Crippen LogP contribution is 2.43. The largest absolute Gasteiger partial charge is 0.551 e. The van der Waals surface area contributed by atoms with E-state index in [1.165, 1.54) is 38.5 Å². The van der Waals surface area contributed by atoms with E-state index in [0.717, 1.165) is 50.6 Å². The second-order valence-electron chi connectivity index (χ2n) is 12.0. The molecule has 2 aliphatic heterocycles. The minimum atomic E-state index is -0.253. The summed E-state index contributed by atoms with van der Waals surface area (Å²) in [4.78, 5) is 0. The predicted molar refractivity (Wildman–Crippen MR) is 189 cm³/mol. The highest BCUT2D eigenvalue weighted by molar-refractivity contribution is 6.84. The van der Waals surface area contributed by atoms with Crippen molar-refractivity contribution in [1.82, 2.24) is 4.57 Å². The molecule has 46 heavy (non-hydrogen) atoms. The Morgan fingerprint density at radius 2 is 1.11 bits per heavy atom. The molecule has 0 N–H and O–H groups in total. The SMILES string of the molecule is c1ccc(-c2ccccc2-c2ccc3c(c2)-c2cccc4c2B(O3)c2ccc(-n3c5ccccc5c5ccccc53)cc2O4)cc1. The number of hydrogen-bond acceptors (Lipinski definition) is 2. The summed E-state index contributed by atoms with van der Waals surface area (Å²) < 4.78 is 15.9. The Bertz CT molecular complexity index is 2440. The van der Waals surface area contributed by atoms with Crippen LogP contribution in [0.1, 0.15) is 0 Å². The smallest absolute Gasteiger partial charge is 0.434 e. The second-order valence-corrected chi connectivity index (χ2v) is 12.0. The number of aromatic nitrogens is 1. The Morgan fingerprint density at radius 3 is 1.89 bits per heavy atom. The molecule has 0 fully saturated rings. The van der Waals surface area contributed by atoms with Crippen molar-refractivity contribution in [2.24, 2.45) is 0 Å². The van der Waals surface area contributed by atoms with Gasteiger partial charge in [0.15, 0.2) is 0 Å². The van der Waals surface area contributed by atoms with E-state index in [4.69, 9.17) is 9.39 Å². The first-order valence-electron chi connectivity index (χ1n) is 15.7. The van der Waals surface area contributed by atoms with E-state index in [9.17, 15) is 0 Å². The normalized spacial score (nSPS) is 12.7. The van der Waals surface area contributed by atoms with Gasteiger partial charge in [-0.05, 0) is 64.2 Å². The molecule has 3 heterocycles. The first-order valence-corrected chi connectivity index (χ1v) is 15.7. The molecule has 214 valence electrons. The van der Waals surface area contributed by atoms with Gasteiger partial charge >= 0.3 is 6.92 Å². The standard InChI is InChI=1S/C42H26BNO2/c1-2-11-27(12-3-1)30-13-4-5-14-31(30)28-21-24-39-35(25-28)34-17-10-20-40-42(34)43(46-39)36-23-22-29(26-41(36)45-40)44-37-18-8-6-15-32(37)33-16-7-9-19-38(33)44/h1-26H. The lowest BCUT2D eigenvalue weighted by molar-refractivity contribution is 0.479. The van der Waals surface area contributed by atoms with E-state index in [0.29, 0.717) is 0 Å². The van der Waals surface area contributed by atoms with E-state index in [2.05, 4.69) is 162 Å². The van der Waals surface area contributed by atoms with Crippen LogP contribution in [0.3, 0.4) is 0 Å². The van der Waals surface area contributed by atoms with Gasteiger partial charge in [0.1, 0.15) is 17.2 Å². The third-order valence-electron chi connectivity index (χ3n) is 9.50. The van der Waals surface area contributed by atoms with Crippen LogP contribution in [0, 0.1) is 0 Å². The second kappa shape index (κ2) is 9.75. The molecule has 0 saturated heterocycles. The van der Waals surface area contributed by atoms with Crippen molar-refractivity contribution in [1.29, 1.82) is 0 Å². The summed E-state index contributed by atoms with van der Waals surface area (Å²) >= 11 is 0. The van der Waals surface area contributed by atoms with E-state index >= 15 is 0 Å². The van der Waals surface area contributed by atoms with Gasteiger partial charge in [-0.15, -0.1) is 0 Å². The third kappa shape index (κ3) is 3.67. The number of benzene rings is 7. The number of rotatable bonds is 3. The number of hydrogen-bond donors (Lipinski definition) is 0. The molecule has 10 rings (SSSR count). The van der Waals surface area contributed by atoms with Gasteiger partial charge in [-0.25, -0.2) is 0 Å². The maximum Gasteiger partial charge on any atom is 0.434 e. The number of nitrogens with zero attached hydrogens (tertiary/aromatic N) is 1. The molecule has 7 aromatic carbocycles. The molecule has 4 heteroatoms. The van der Waals surface area contributed by atoms with E-state index in [-0.39, 0.29) is 6.92 Å². The molecule has 0 radical (unpaired) electrons. The van der Waals surface area contributed by atoms with Crippen molar-refractivity contribution in [3.05, 3.63) is 158 Å². The van der Waals surface area contributed by atoms with Gasteiger partial charge in [0.05, 0.1) is 11.0 Å². The molecule has 8 aromatic rings. The Morgan fingerprint density at radius 1 is 0.435 bits per heavy atom. The molecule has 0 saturated carbocycles. The van der Waals surface area contributed by atoms with Crippen LogP contribution >= 0.6 is 0 Å². The lowest BCUT2D eigenvalue weighted by Gasteiger charge is -2.33. The fourth-order valence-electron chi connectivity index (χ4n) is 7.44. The average Bonchev–Trinajstić information content (AvgIpc) is 3.46. The highest BCUT2D eigenvalue weighted by atomic mass is 16.5. The average molecular weight is 587 g/mol. The van der Waals surface area contributed by atoms with E-state index in [1.54, 1.807) is 0 Å². The lowest BCUT2D eigenvalue weighted by Crippen LogP contribution is -2.53. The van der Waals surface area contributed by atoms with Crippen molar-refractivity contribution in [2.75, 3.05) is 0 Å². The predicted octanol–water partition coefficient (Wildman–Crippen LogP) is 9.39. The zero-order valence-corrected chi connectivity index (χ0v) is 24.9. The molecule has 2 aliphatic rings. The molecule has 0 spiro atoms. The maximum absolute atomic E-state index is 6.86. The zero-order valence-electron chi connectivity index (χ0n) is 24.9. The van der Waals surface area contributed by atoms with Crippen LogP contribution < -0.4 is 20.3 Å². The molecule has 3 nitrogen and oxygen atoms in total. The van der Waals surface area contributed by atoms with Crippen LogP contribution in [0.4, 0.5) is 0 Å². The molecular weight excluding hydrogens is 561 g/mol. The summed E-state index contributed by atoms with van der Waals surface area (Å²) in [7, 11) is 0. The lowest BCUT2D eigenvalue weighted by atomic mass is 9.51. The van der Waals surface area contributed by atoms with Gasteiger partial charge < -0.3 is 14.0 Å². The van der Waals surface area contributed by atoms with Gasteiger partial charge in [-0.1, -0.05) is 115 Å². The van der Waals surface area contributed by atoms with Gasteiger partial charge in [0, 0.05) is 39.0 Å². The Balaban J connectivity index is 1.09. The summed E-state index contributed by atoms with van der Waals surface area (Å²) in [6.07, 6.45) is 0. The number of para-hydroxylation sites is 2. The highest BCUT2D eigenvalue weighted by Gasteiger charge is 2.40. The van der Waals surface area contributed by atoms with Gasteiger partial charge in [0.25, 0.3) is 0 Å².